The minimum atomic E-state index is -0.335. The maximum absolute atomic E-state index is 13.3. The molecule has 0 unspecified atom stereocenters. The Morgan fingerprint density at radius 2 is 2.13 bits per heavy atom. The van der Waals surface area contributed by atoms with Gasteiger partial charge in [-0.3, -0.25) is 8.94 Å². The van der Waals surface area contributed by atoms with Gasteiger partial charge in [-0.25, -0.2) is 14.2 Å². The number of aromatic amines is 1. The minimum absolute atomic E-state index is 0.245. The van der Waals surface area contributed by atoms with E-state index in [-0.39, 0.29) is 18.1 Å². The molecule has 7 heteroatoms. The predicted octanol–water partition coefficient (Wildman–Crippen LogP) is 3.62. The summed E-state index contributed by atoms with van der Waals surface area (Å²) in [5, 5.41) is 0.616. The number of nitrogens with one attached hydrogen (secondary N) is 1. The Morgan fingerprint density at radius 1 is 1.30 bits per heavy atom. The van der Waals surface area contributed by atoms with E-state index in [1.807, 2.05) is 19.1 Å². The van der Waals surface area contributed by atoms with Crippen molar-refractivity contribution in [3.8, 4) is 0 Å². The van der Waals surface area contributed by atoms with Gasteiger partial charge in [-0.1, -0.05) is 29.8 Å². The van der Waals surface area contributed by atoms with Crippen LogP contribution >= 0.6 is 23.1 Å². The Bertz CT molecular complexity index is 974. The number of aromatic nitrogens is 2. The number of H-pyrrole nitrogens is 1. The molecule has 3 aromatic rings. The summed E-state index contributed by atoms with van der Waals surface area (Å²) in [6.07, 6.45) is 0. The molecular formula is C16H13ClFN3OS. The third-order valence-electron chi connectivity index (χ3n) is 3.32. The molecule has 3 rings (SSSR count). The molecule has 118 valence electrons. The fraction of sp³-hybridized carbons (Fsp3) is 0.125. The number of aryl methyl sites for hydroxylation is 1. The number of halogens is 2. The van der Waals surface area contributed by atoms with Crippen molar-refractivity contribution in [1.82, 2.24) is 8.94 Å². The van der Waals surface area contributed by atoms with Gasteiger partial charge in [-0.2, -0.15) is 0 Å². The first kappa shape index (κ1) is 15.7. The third kappa shape index (κ3) is 3.60. The summed E-state index contributed by atoms with van der Waals surface area (Å²) < 4.78 is 17.4. The lowest BCUT2D eigenvalue weighted by atomic mass is 10.2. The molecule has 0 aliphatic heterocycles. The zero-order valence-corrected chi connectivity index (χ0v) is 13.8. The predicted molar refractivity (Wildman–Crippen MR) is 89.8 cm³/mol. The van der Waals surface area contributed by atoms with Crippen LogP contribution in [0.5, 0.6) is 0 Å². The van der Waals surface area contributed by atoms with E-state index in [4.69, 9.17) is 11.6 Å². The molecule has 0 spiro atoms. The molecule has 0 saturated heterocycles. The van der Waals surface area contributed by atoms with Crippen LogP contribution in [-0.2, 0) is 6.54 Å². The highest BCUT2D eigenvalue weighted by atomic mass is 35.5. The summed E-state index contributed by atoms with van der Waals surface area (Å²) in [5.74, 6) is -0.335. The second-order valence-corrected chi connectivity index (χ2v) is 6.23. The number of benzene rings is 2. The van der Waals surface area contributed by atoms with Gasteiger partial charge in [0.15, 0.2) is 0 Å². The van der Waals surface area contributed by atoms with Crippen LogP contribution in [0.3, 0.4) is 0 Å². The van der Waals surface area contributed by atoms with Crippen molar-refractivity contribution in [2.75, 3.05) is 0 Å². The van der Waals surface area contributed by atoms with Gasteiger partial charge in [-0.15, -0.1) is 0 Å². The van der Waals surface area contributed by atoms with Gasteiger partial charge in [0.2, 0.25) is 4.80 Å². The van der Waals surface area contributed by atoms with Gasteiger partial charge < -0.3 is 0 Å². The zero-order chi connectivity index (χ0) is 16.4. The Balaban J connectivity index is 2.03. The third-order valence-corrected chi connectivity index (χ3v) is 4.49. The molecule has 1 N–H and O–H groups in total. The van der Waals surface area contributed by atoms with E-state index < -0.39 is 0 Å². The van der Waals surface area contributed by atoms with Crippen molar-refractivity contribution in [3.63, 3.8) is 0 Å². The Labute approximate surface area is 140 Å². The fourth-order valence-electron chi connectivity index (χ4n) is 2.09. The smallest absolute Gasteiger partial charge is 0.263 e. The zero-order valence-electron chi connectivity index (χ0n) is 12.2. The average Bonchev–Trinajstić information content (AvgIpc) is 2.84. The lowest BCUT2D eigenvalue weighted by Gasteiger charge is -2.02. The van der Waals surface area contributed by atoms with Gasteiger partial charge in [-0.05, 0) is 53.8 Å². The first-order valence-corrected chi connectivity index (χ1v) is 8.06. The van der Waals surface area contributed by atoms with E-state index in [0.29, 0.717) is 21.1 Å². The van der Waals surface area contributed by atoms with Crippen molar-refractivity contribution >= 4 is 28.8 Å². The van der Waals surface area contributed by atoms with Gasteiger partial charge >= 0.3 is 5.69 Å². The molecule has 4 nitrogen and oxygen atoms in total. The fourth-order valence-corrected chi connectivity index (χ4v) is 2.96. The molecule has 0 aliphatic rings. The Morgan fingerprint density at radius 3 is 2.87 bits per heavy atom. The van der Waals surface area contributed by atoms with E-state index in [1.165, 1.54) is 16.7 Å². The second-order valence-electron chi connectivity index (χ2n) is 5.05. The molecule has 0 atom stereocenters. The summed E-state index contributed by atoms with van der Waals surface area (Å²) in [6, 6.07) is 11.6. The summed E-state index contributed by atoms with van der Waals surface area (Å²) in [4.78, 5) is 16.9. The summed E-state index contributed by atoms with van der Waals surface area (Å²) in [5.41, 5.74) is 2.03. The van der Waals surface area contributed by atoms with Gasteiger partial charge in [0, 0.05) is 5.02 Å². The SMILES string of the molecule is Cc1ccc(/N=c2\s[nH]c(=O)n2Cc2cccc(F)c2)cc1Cl. The highest BCUT2D eigenvalue weighted by Gasteiger charge is 2.05. The van der Waals surface area contributed by atoms with Crippen molar-refractivity contribution < 1.29 is 4.39 Å². The molecule has 0 bridgehead atoms. The van der Waals surface area contributed by atoms with Crippen LogP contribution in [0, 0.1) is 12.7 Å². The average molecular weight is 350 g/mol. The van der Waals surface area contributed by atoms with Crippen LogP contribution in [-0.4, -0.2) is 8.94 Å². The van der Waals surface area contributed by atoms with Crippen molar-refractivity contribution in [1.29, 1.82) is 0 Å². The van der Waals surface area contributed by atoms with Crippen LogP contribution in [0.25, 0.3) is 0 Å². The topological polar surface area (TPSA) is 50.1 Å². The van der Waals surface area contributed by atoms with E-state index in [1.54, 1.807) is 18.2 Å². The molecule has 0 fully saturated rings. The van der Waals surface area contributed by atoms with Gasteiger partial charge in [0.05, 0.1) is 12.2 Å². The summed E-state index contributed by atoms with van der Waals surface area (Å²) >= 11 is 7.22. The molecule has 0 amide bonds. The molecule has 0 saturated carbocycles. The lowest BCUT2D eigenvalue weighted by molar-refractivity contribution is 0.622. The van der Waals surface area contributed by atoms with E-state index in [2.05, 4.69) is 9.37 Å². The van der Waals surface area contributed by atoms with Crippen LogP contribution < -0.4 is 10.5 Å². The Hall–Kier alpha value is -2.18. The molecule has 0 radical (unpaired) electrons. The highest BCUT2D eigenvalue weighted by molar-refractivity contribution is 7.02. The lowest BCUT2D eigenvalue weighted by Crippen LogP contribution is -2.27. The first-order chi connectivity index (χ1) is 11.0. The Kier molecular flexibility index (Phi) is 4.45. The maximum Gasteiger partial charge on any atom is 0.337 e. The molecule has 1 aromatic heterocycles. The first-order valence-electron chi connectivity index (χ1n) is 6.86. The molecule has 2 aromatic carbocycles. The van der Waals surface area contributed by atoms with E-state index in [9.17, 15) is 9.18 Å². The number of hydrogen-bond donors (Lipinski definition) is 1. The van der Waals surface area contributed by atoms with Crippen LogP contribution in [0.2, 0.25) is 5.02 Å². The van der Waals surface area contributed by atoms with Crippen LogP contribution in [0.4, 0.5) is 10.1 Å². The second kappa shape index (κ2) is 6.52. The van der Waals surface area contributed by atoms with Gasteiger partial charge in [0.25, 0.3) is 0 Å². The van der Waals surface area contributed by atoms with Crippen molar-refractivity contribution in [2.45, 2.75) is 13.5 Å². The number of rotatable bonds is 3. The van der Waals surface area contributed by atoms with Crippen LogP contribution in [0.15, 0.2) is 52.3 Å². The summed E-state index contributed by atoms with van der Waals surface area (Å²) in [6.45, 7) is 2.15. The molecule has 1 heterocycles. The van der Waals surface area contributed by atoms with Crippen LogP contribution in [0.1, 0.15) is 11.1 Å². The van der Waals surface area contributed by atoms with E-state index in [0.717, 1.165) is 17.1 Å². The largest absolute Gasteiger partial charge is 0.337 e. The van der Waals surface area contributed by atoms with Crippen molar-refractivity contribution in [3.05, 3.63) is 79.7 Å². The standard InChI is InChI=1S/C16H13ClFN3OS/c1-10-5-6-13(8-14(10)17)19-16-21(15(22)20-23-16)9-11-3-2-4-12(18)7-11/h2-8H,9H2,1H3,(H,20,22)/b19-16-. The normalized spacial score (nSPS) is 11.9. The number of hydrogen-bond acceptors (Lipinski definition) is 3. The quantitative estimate of drug-likeness (QED) is 0.771. The highest BCUT2D eigenvalue weighted by Crippen LogP contribution is 2.21. The monoisotopic (exact) mass is 349 g/mol. The summed E-state index contributed by atoms with van der Waals surface area (Å²) in [7, 11) is 0. The molecule has 0 aliphatic carbocycles. The number of nitrogens with zero attached hydrogens (tertiary/aromatic N) is 2. The molecule has 23 heavy (non-hydrogen) atoms. The molecular weight excluding hydrogens is 337 g/mol. The maximum atomic E-state index is 13.3. The van der Waals surface area contributed by atoms with Gasteiger partial charge in [0.1, 0.15) is 5.82 Å². The van der Waals surface area contributed by atoms with E-state index >= 15 is 0 Å². The minimum Gasteiger partial charge on any atom is -0.263 e. The van der Waals surface area contributed by atoms with Crippen molar-refractivity contribution in [2.24, 2.45) is 4.99 Å².